The first-order chi connectivity index (χ1) is 10.0. The lowest BCUT2D eigenvalue weighted by molar-refractivity contribution is -0.148. The van der Waals surface area contributed by atoms with Crippen molar-refractivity contribution in [1.29, 1.82) is 0 Å². The van der Waals surface area contributed by atoms with Crippen molar-refractivity contribution in [1.82, 2.24) is 0 Å². The number of halogens is 1. The first kappa shape index (κ1) is 15.8. The summed E-state index contributed by atoms with van der Waals surface area (Å²) in [7, 11) is 0. The number of carbonyl (C=O) groups excluding carboxylic acids is 2. The number of ether oxygens (including phenoxy) is 1. The lowest BCUT2D eigenvalue weighted by atomic mass is 9.97. The second kappa shape index (κ2) is 6.94. The second-order valence-electron chi connectivity index (χ2n) is 5.26. The van der Waals surface area contributed by atoms with Crippen molar-refractivity contribution in [3.05, 3.63) is 28.8 Å². The van der Waals surface area contributed by atoms with E-state index in [1.54, 1.807) is 12.1 Å². The zero-order valence-corrected chi connectivity index (χ0v) is 13.2. The average molecular weight is 310 g/mol. The number of hydrogen-bond acceptors (Lipinski definition) is 4. The molecular formula is C16H20ClNO3. The van der Waals surface area contributed by atoms with Gasteiger partial charge >= 0.3 is 5.97 Å². The summed E-state index contributed by atoms with van der Waals surface area (Å²) in [4.78, 5) is 25.3. The normalized spacial score (nSPS) is 18.4. The maximum atomic E-state index is 11.9. The lowest BCUT2D eigenvalue weighted by Crippen LogP contribution is -2.39. The van der Waals surface area contributed by atoms with Gasteiger partial charge in [0.05, 0.1) is 23.2 Å². The van der Waals surface area contributed by atoms with Crippen LogP contribution in [-0.4, -0.2) is 31.4 Å². The van der Waals surface area contributed by atoms with Gasteiger partial charge in [-0.3, -0.25) is 9.59 Å². The molecule has 0 N–H and O–H groups in total. The number of Topliss-reactive ketones (excluding diaryl/α,β-unsaturated/α-hetero) is 1. The van der Waals surface area contributed by atoms with Crippen LogP contribution in [0.15, 0.2) is 18.2 Å². The third kappa shape index (κ3) is 3.76. The van der Waals surface area contributed by atoms with Crippen LogP contribution in [0.2, 0.25) is 5.02 Å². The van der Waals surface area contributed by atoms with E-state index in [-0.39, 0.29) is 17.7 Å². The van der Waals surface area contributed by atoms with E-state index in [9.17, 15) is 9.59 Å². The van der Waals surface area contributed by atoms with Crippen LogP contribution in [0, 0.1) is 5.92 Å². The highest BCUT2D eigenvalue weighted by molar-refractivity contribution is 6.33. The van der Waals surface area contributed by atoms with Crippen molar-refractivity contribution in [3.63, 3.8) is 0 Å². The van der Waals surface area contributed by atoms with Crippen molar-refractivity contribution in [3.8, 4) is 0 Å². The van der Waals surface area contributed by atoms with Gasteiger partial charge < -0.3 is 9.64 Å². The van der Waals surface area contributed by atoms with E-state index in [2.05, 4.69) is 4.90 Å². The van der Waals surface area contributed by atoms with Gasteiger partial charge in [-0.25, -0.2) is 0 Å². The van der Waals surface area contributed by atoms with E-state index in [4.69, 9.17) is 16.3 Å². The fourth-order valence-corrected chi connectivity index (χ4v) is 2.93. The summed E-state index contributed by atoms with van der Waals surface area (Å²) in [5, 5.41) is 0.548. The fraction of sp³-hybridized carbons (Fsp3) is 0.500. The van der Waals surface area contributed by atoms with Gasteiger partial charge in [0.15, 0.2) is 5.78 Å². The molecule has 4 nitrogen and oxygen atoms in total. The van der Waals surface area contributed by atoms with E-state index in [1.165, 1.54) is 6.92 Å². The van der Waals surface area contributed by atoms with Gasteiger partial charge in [-0.2, -0.15) is 0 Å². The Morgan fingerprint density at radius 2 is 2.19 bits per heavy atom. The predicted octanol–water partition coefficient (Wildman–Crippen LogP) is 3.32. The van der Waals surface area contributed by atoms with Gasteiger partial charge in [-0.05, 0) is 44.9 Å². The third-order valence-electron chi connectivity index (χ3n) is 3.74. The Balaban J connectivity index is 2.14. The Morgan fingerprint density at radius 3 is 2.81 bits per heavy atom. The van der Waals surface area contributed by atoms with Crippen molar-refractivity contribution in [2.45, 2.75) is 26.7 Å². The molecule has 0 spiro atoms. The number of rotatable bonds is 4. The second-order valence-corrected chi connectivity index (χ2v) is 5.67. The Kier molecular flexibility index (Phi) is 5.23. The molecule has 1 aromatic carbocycles. The molecule has 0 saturated carbocycles. The van der Waals surface area contributed by atoms with E-state index in [1.807, 2.05) is 13.0 Å². The van der Waals surface area contributed by atoms with Crippen LogP contribution in [0.3, 0.4) is 0 Å². The zero-order valence-electron chi connectivity index (χ0n) is 12.4. The standard InChI is InChI=1S/C16H20ClNO3/c1-3-21-16(20)13-5-4-8-18(10-13)15-7-6-12(11(2)19)9-14(15)17/h6-7,9,13H,3-5,8,10H2,1-2H3. The minimum absolute atomic E-state index is 0.00788. The SMILES string of the molecule is CCOC(=O)C1CCCN(c2ccc(C(C)=O)cc2Cl)C1. The van der Waals surface area contributed by atoms with Crippen LogP contribution in [-0.2, 0) is 9.53 Å². The first-order valence-corrected chi connectivity index (χ1v) is 7.62. The number of piperidine rings is 1. The summed E-state index contributed by atoms with van der Waals surface area (Å²) in [6.07, 6.45) is 1.77. The van der Waals surface area contributed by atoms with E-state index < -0.39 is 0 Å². The number of ketones is 1. The number of esters is 1. The van der Waals surface area contributed by atoms with Gasteiger partial charge in [-0.15, -0.1) is 0 Å². The van der Waals surface area contributed by atoms with Crippen LogP contribution < -0.4 is 4.90 Å². The molecule has 1 aliphatic heterocycles. The molecule has 1 fully saturated rings. The molecule has 1 heterocycles. The molecule has 1 saturated heterocycles. The van der Waals surface area contributed by atoms with E-state index >= 15 is 0 Å². The van der Waals surface area contributed by atoms with Crippen LogP contribution in [0.25, 0.3) is 0 Å². The lowest BCUT2D eigenvalue weighted by Gasteiger charge is -2.33. The molecule has 2 rings (SSSR count). The molecule has 0 aromatic heterocycles. The van der Waals surface area contributed by atoms with Crippen LogP contribution >= 0.6 is 11.6 Å². The van der Waals surface area contributed by atoms with Crippen LogP contribution in [0.1, 0.15) is 37.0 Å². The van der Waals surface area contributed by atoms with Gasteiger partial charge in [0, 0.05) is 18.7 Å². The van der Waals surface area contributed by atoms with E-state index in [0.717, 1.165) is 25.1 Å². The van der Waals surface area contributed by atoms with Gasteiger partial charge in [0.2, 0.25) is 0 Å². The molecule has 21 heavy (non-hydrogen) atoms. The topological polar surface area (TPSA) is 46.6 Å². The van der Waals surface area contributed by atoms with Crippen molar-refractivity contribution in [2.24, 2.45) is 5.92 Å². The molecule has 0 radical (unpaired) electrons. The summed E-state index contributed by atoms with van der Waals surface area (Å²) in [5.74, 6) is -0.257. The van der Waals surface area contributed by atoms with Crippen molar-refractivity contribution < 1.29 is 14.3 Å². The average Bonchev–Trinajstić information content (AvgIpc) is 2.47. The fourth-order valence-electron chi connectivity index (χ4n) is 2.63. The largest absolute Gasteiger partial charge is 0.466 e. The quantitative estimate of drug-likeness (QED) is 0.632. The van der Waals surface area contributed by atoms with E-state index in [0.29, 0.717) is 23.7 Å². The summed E-state index contributed by atoms with van der Waals surface area (Å²) in [6.45, 7) is 5.20. The number of nitrogens with zero attached hydrogens (tertiary/aromatic N) is 1. The Hall–Kier alpha value is -1.55. The highest BCUT2D eigenvalue weighted by atomic mass is 35.5. The smallest absolute Gasteiger partial charge is 0.310 e. The summed E-state index contributed by atoms with van der Waals surface area (Å²) in [6, 6.07) is 5.32. The highest BCUT2D eigenvalue weighted by Gasteiger charge is 2.27. The minimum Gasteiger partial charge on any atom is -0.466 e. The molecule has 1 atom stereocenters. The Labute approximate surface area is 130 Å². The summed E-state index contributed by atoms with van der Waals surface area (Å²) in [5.41, 5.74) is 1.47. The Morgan fingerprint density at radius 1 is 1.43 bits per heavy atom. The zero-order chi connectivity index (χ0) is 15.4. The van der Waals surface area contributed by atoms with Gasteiger partial charge in [0.25, 0.3) is 0 Å². The molecule has 0 amide bonds. The molecule has 0 bridgehead atoms. The summed E-state index contributed by atoms with van der Waals surface area (Å²) >= 11 is 6.29. The number of carbonyl (C=O) groups is 2. The molecule has 5 heteroatoms. The van der Waals surface area contributed by atoms with Gasteiger partial charge in [0.1, 0.15) is 0 Å². The number of anilines is 1. The van der Waals surface area contributed by atoms with Crippen LogP contribution in [0.4, 0.5) is 5.69 Å². The molecular weight excluding hydrogens is 290 g/mol. The van der Waals surface area contributed by atoms with Crippen molar-refractivity contribution in [2.75, 3.05) is 24.6 Å². The number of benzene rings is 1. The summed E-state index contributed by atoms with van der Waals surface area (Å²) < 4.78 is 5.10. The van der Waals surface area contributed by atoms with Crippen molar-refractivity contribution >= 4 is 29.0 Å². The monoisotopic (exact) mass is 309 g/mol. The molecule has 1 aliphatic rings. The maximum absolute atomic E-state index is 11.9. The van der Waals surface area contributed by atoms with Gasteiger partial charge in [-0.1, -0.05) is 11.6 Å². The maximum Gasteiger partial charge on any atom is 0.310 e. The third-order valence-corrected chi connectivity index (χ3v) is 4.04. The number of hydrogen-bond donors (Lipinski definition) is 0. The molecule has 114 valence electrons. The van der Waals surface area contributed by atoms with Crippen LogP contribution in [0.5, 0.6) is 0 Å². The molecule has 1 unspecified atom stereocenters. The minimum atomic E-state index is -0.140. The first-order valence-electron chi connectivity index (χ1n) is 7.25. The highest BCUT2D eigenvalue weighted by Crippen LogP contribution is 2.31. The predicted molar refractivity (Wildman–Crippen MR) is 83.0 cm³/mol. The Bertz CT molecular complexity index is 544. The molecule has 1 aromatic rings. The molecule has 0 aliphatic carbocycles.